The van der Waals surface area contributed by atoms with Gasteiger partial charge in [-0.25, -0.2) is 9.18 Å². The molecule has 1 saturated heterocycles. The zero-order valence-corrected chi connectivity index (χ0v) is 17.2. The average Bonchev–Trinajstić information content (AvgIpc) is 3.43. The maximum atomic E-state index is 15.5. The zero-order valence-electron chi connectivity index (χ0n) is 17.2. The molecule has 2 heterocycles. The van der Waals surface area contributed by atoms with Crippen molar-refractivity contribution in [2.75, 3.05) is 31.1 Å². The minimum absolute atomic E-state index is 0.174. The molecule has 6 nitrogen and oxygen atoms in total. The van der Waals surface area contributed by atoms with Gasteiger partial charge in [0.15, 0.2) is 5.82 Å². The summed E-state index contributed by atoms with van der Waals surface area (Å²) in [5.74, 6) is -1.20. The molecule has 0 radical (unpaired) electrons. The second-order valence-electron chi connectivity index (χ2n) is 8.36. The molecule has 4 rings (SSSR count). The van der Waals surface area contributed by atoms with Crippen LogP contribution >= 0.6 is 0 Å². The highest BCUT2D eigenvalue weighted by molar-refractivity contribution is 5.97. The van der Waals surface area contributed by atoms with E-state index >= 15 is 4.39 Å². The fraction of sp³-hybridized carbons (Fsp3) is 0.545. The van der Waals surface area contributed by atoms with Gasteiger partial charge in [-0.2, -0.15) is 0 Å². The van der Waals surface area contributed by atoms with Crippen LogP contribution in [0.25, 0.3) is 10.9 Å². The molecule has 1 saturated carbocycles. The van der Waals surface area contributed by atoms with Crippen molar-refractivity contribution in [1.29, 1.82) is 0 Å². The van der Waals surface area contributed by atoms with Crippen molar-refractivity contribution >= 4 is 22.6 Å². The van der Waals surface area contributed by atoms with E-state index in [0.29, 0.717) is 17.1 Å². The van der Waals surface area contributed by atoms with Crippen LogP contribution in [0, 0.1) is 25.6 Å². The third kappa shape index (κ3) is 3.31. The van der Waals surface area contributed by atoms with Crippen LogP contribution in [0.15, 0.2) is 11.0 Å². The third-order valence-corrected chi connectivity index (χ3v) is 6.31. The van der Waals surface area contributed by atoms with Gasteiger partial charge in [0, 0.05) is 30.9 Å². The summed E-state index contributed by atoms with van der Waals surface area (Å²) in [6, 6.07) is 0.174. The number of benzene rings is 1. The van der Waals surface area contributed by atoms with Gasteiger partial charge in [0.05, 0.1) is 16.6 Å². The molecule has 1 aromatic carbocycles. The number of pyridine rings is 1. The first kappa shape index (κ1) is 19.9. The van der Waals surface area contributed by atoms with Crippen LogP contribution in [-0.2, 0) is 0 Å². The van der Waals surface area contributed by atoms with Crippen molar-refractivity contribution in [2.24, 2.45) is 5.92 Å². The van der Waals surface area contributed by atoms with Gasteiger partial charge in [-0.3, -0.25) is 4.79 Å². The lowest BCUT2D eigenvalue weighted by Gasteiger charge is -2.26. The van der Waals surface area contributed by atoms with Crippen LogP contribution in [0.4, 0.5) is 10.1 Å². The molecule has 2 aromatic rings. The number of halogens is 1. The summed E-state index contributed by atoms with van der Waals surface area (Å²) in [5.41, 5.74) is 1.34. The Morgan fingerprint density at radius 1 is 1.28 bits per heavy atom. The van der Waals surface area contributed by atoms with E-state index < -0.39 is 17.2 Å². The summed E-state index contributed by atoms with van der Waals surface area (Å²) >= 11 is 0. The summed E-state index contributed by atoms with van der Waals surface area (Å²) < 4.78 is 17.4. The Hall–Kier alpha value is -2.41. The molecule has 1 aliphatic carbocycles. The van der Waals surface area contributed by atoms with Crippen LogP contribution < -0.4 is 15.6 Å². The Kier molecular flexibility index (Phi) is 5.11. The number of aryl methyl sites for hydroxylation is 2. The molecule has 2 N–H and O–H groups in total. The molecule has 1 atom stereocenters. The SMILES string of the molecule is CCNCC1CCN(c2c(F)c(C)c3c(=O)c(C(=O)O)cn(C4CC4)c3c2C)C1. The zero-order chi connectivity index (χ0) is 20.9. The highest BCUT2D eigenvalue weighted by Gasteiger charge is 2.32. The molecule has 0 spiro atoms. The van der Waals surface area contributed by atoms with E-state index in [9.17, 15) is 14.7 Å². The molecule has 1 aliphatic heterocycles. The van der Waals surface area contributed by atoms with Gasteiger partial charge < -0.3 is 19.9 Å². The van der Waals surface area contributed by atoms with E-state index in [1.165, 1.54) is 6.20 Å². The number of hydrogen-bond acceptors (Lipinski definition) is 4. The summed E-state index contributed by atoms with van der Waals surface area (Å²) in [4.78, 5) is 26.6. The molecule has 0 bridgehead atoms. The van der Waals surface area contributed by atoms with E-state index in [0.717, 1.165) is 51.0 Å². The molecule has 1 aromatic heterocycles. The molecule has 7 heteroatoms. The van der Waals surface area contributed by atoms with Crippen molar-refractivity contribution in [1.82, 2.24) is 9.88 Å². The Bertz CT molecular complexity index is 1040. The van der Waals surface area contributed by atoms with E-state index in [4.69, 9.17) is 0 Å². The number of aromatic nitrogens is 1. The molecular weight excluding hydrogens is 373 g/mol. The highest BCUT2D eigenvalue weighted by atomic mass is 19.1. The van der Waals surface area contributed by atoms with Gasteiger partial charge in [-0.05, 0) is 57.7 Å². The second-order valence-corrected chi connectivity index (χ2v) is 8.36. The van der Waals surface area contributed by atoms with Crippen LogP contribution in [0.1, 0.15) is 53.7 Å². The number of nitrogens with one attached hydrogen (secondary N) is 1. The molecule has 0 amide bonds. The first-order chi connectivity index (χ1) is 13.8. The summed E-state index contributed by atoms with van der Waals surface area (Å²) in [5, 5.41) is 13.1. The summed E-state index contributed by atoms with van der Waals surface area (Å²) in [6.07, 6.45) is 4.33. The maximum Gasteiger partial charge on any atom is 0.341 e. The highest BCUT2D eigenvalue weighted by Crippen LogP contribution is 2.41. The number of rotatable bonds is 6. The van der Waals surface area contributed by atoms with Crippen molar-refractivity contribution in [3.8, 4) is 0 Å². The van der Waals surface area contributed by atoms with Crippen LogP contribution in [0.5, 0.6) is 0 Å². The van der Waals surface area contributed by atoms with Gasteiger partial charge in [0.25, 0.3) is 0 Å². The fourth-order valence-electron chi connectivity index (χ4n) is 4.65. The second kappa shape index (κ2) is 7.44. The van der Waals surface area contributed by atoms with Crippen molar-refractivity contribution in [2.45, 2.75) is 46.1 Å². The van der Waals surface area contributed by atoms with Crippen molar-refractivity contribution in [3.05, 3.63) is 38.9 Å². The summed E-state index contributed by atoms with van der Waals surface area (Å²) in [6.45, 7) is 8.91. The lowest BCUT2D eigenvalue weighted by Crippen LogP contribution is -2.28. The first-order valence-corrected chi connectivity index (χ1v) is 10.4. The topological polar surface area (TPSA) is 74.6 Å². The Morgan fingerprint density at radius 2 is 2.00 bits per heavy atom. The smallest absolute Gasteiger partial charge is 0.341 e. The van der Waals surface area contributed by atoms with E-state index in [1.807, 2.05) is 11.5 Å². The minimum Gasteiger partial charge on any atom is -0.477 e. The number of carboxylic acids is 1. The van der Waals surface area contributed by atoms with Crippen molar-refractivity contribution < 1.29 is 14.3 Å². The first-order valence-electron chi connectivity index (χ1n) is 10.4. The van der Waals surface area contributed by atoms with E-state index in [1.54, 1.807) is 6.92 Å². The summed E-state index contributed by atoms with van der Waals surface area (Å²) in [7, 11) is 0. The Labute approximate surface area is 169 Å². The number of carbonyl (C=O) groups is 1. The Morgan fingerprint density at radius 3 is 2.62 bits per heavy atom. The maximum absolute atomic E-state index is 15.5. The van der Waals surface area contributed by atoms with Gasteiger partial charge in [0.2, 0.25) is 5.43 Å². The van der Waals surface area contributed by atoms with Crippen LogP contribution in [0.3, 0.4) is 0 Å². The predicted molar refractivity (Wildman–Crippen MR) is 112 cm³/mol. The number of anilines is 1. The lowest BCUT2D eigenvalue weighted by molar-refractivity contribution is 0.0695. The molecule has 1 unspecified atom stereocenters. The number of fused-ring (bicyclic) bond motifs is 1. The van der Waals surface area contributed by atoms with Crippen LogP contribution in [-0.4, -0.2) is 41.8 Å². The normalized spacial score (nSPS) is 19.3. The number of hydrogen-bond donors (Lipinski definition) is 2. The fourth-order valence-corrected chi connectivity index (χ4v) is 4.65. The number of nitrogens with zero attached hydrogens (tertiary/aromatic N) is 2. The van der Waals surface area contributed by atoms with Gasteiger partial charge >= 0.3 is 5.97 Å². The van der Waals surface area contributed by atoms with Gasteiger partial charge in [-0.15, -0.1) is 0 Å². The average molecular weight is 401 g/mol. The number of carboxylic acid groups (broad SMARTS) is 1. The Balaban J connectivity index is 1.90. The van der Waals surface area contributed by atoms with Crippen LogP contribution in [0.2, 0.25) is 0 Å². The standard InChI is InChI=1S/C22H28FN3O3/c1-4-24-9-14-7-8-25(10-14)20-13(3)19-17(12(2)18(20)23)21(27)16(22(28)29)11-26(19)15-5-6-15/h11,14-15,24H,4-10H2,1-3H3,(H,28,29). The van der Waals surface area contributed by atoms with Gasteiger partial charge in [-0.1, -0.05) is 6.92 Å². The van der Waals surface area contributed by atoms with E-state index in [-0.39, 0.29) is 22.6 Å². The molecule has 2 fully saturated rings. The van der Waals surface area contributed by atoms with Gasteiger partial charge in [0.1, 0.15) is 5.56 Å². The molecule has 2 aliphatic rings. The number of aromatic carboxylic acids is 1. The molecular formula is C22H28FN3O3. The monoisotopic (exact) mass is 401 g/mol. The third-order valence-electron chi connectivity index (χ3n) is 6.31. The van der Waals surface area contributed by atoms with Crippen molar-refractivity contribution in [3.63, 3.8) is 0 Å². The quantitative estimate of drug-likeness (QED) is 0.777. The molecule has 156 valence electrons. The largest absolute Gasteiger partial charge is 0.477 e. The lowest BCUT2D eigenvalue weighted by atomic mass is 9.99. The minimum atomic E-state index is -1.27. The van der Waals surface area contributed by atoms with E-state index in [2.05, 4.69) is 17.1 Å². The predicted octanol–water partition coefficient (Wildman–Crippen LogP) is 3.23. The molecule has 29 heavy (non-hydrogen) atoms.